The fourth-order valence-electron chi connectivity index (χ4n) is 1.85. The Morgan fingerprint density at radius 1 is 1.18 bits per heavy atom. The lowest BCUT2D eigenvalue weighted by Gasteiger charge is -2.05. The number of methoxy groups -OCH3 is 1. The number of amidine groups is 1. The molecule has 2 aromatic carbocycles. The SMILES string of the molecule is COc1ccccc1CC(N)=[NH+]OC(=O)c1ccc(Cl)cc1. The number of nitrogens with two attached hydrogens (primary N) is 1. The van der Waals surface area contributed by atoms with E-state index in [1.54, 1.807) is 31.4 Å². The van der Waals surface area contributed by atoms with E-state index in [1.165, 1.54) is 0 Å². The number of rotatable bonds is 5. The standard InChI is InChI=1S/C16H15ClN2O3/c1-21-14-5-3-2-4-12(14)10-15(18)19-22-16(20)11-6-8-13(17)9-7-11/h2-9H,10H2,1H3,(H2,18,19)/p+1. The lowest BCUT2D eigenvalue weighted by atomic mass is 10.1. The topological polar surface area (TPSA) is 75.5 Å². The van der Waals surface area contributed by atoms with Gasteiger partial charge in [0.05, 0.1) is 19.1 Å². The predicted molar refractivity (Wildman–Crippen MR) is 83.7 cm³/mol. The van der Waals surface area contributed by atoms with Crippen LogP contribution in [0, 0.1) is 0 Å². The fourth-order valence-corrected chi connectivity index (χ4v) is 1.97. The summed E-state index contributed by atoms with van der Waals surface area (Å²) in [6, 6.07) is 13.8. The van der Waals surface area contributed by atoms with E-state index in [2.05, 4.69) is 5.16 Å². The summed E-state index contributed by atoms with van der Waals surface area (Å²) in [7, 11) is 1.59. The van der Waals surface area contributed by atoms with Gasteiger partial charge in [0.1, 0.15) is 5.75 Å². The molecule has 0 aliphatic heterocycles. The molecule has 6 heteroatoms. The quantitative estimate of drug-likeness (QED) is 0.374. The zero-order valence-electron chi connectivity index (χ0n) is 12.0. The van der Waals surface area contributed by atoms with Gasteiger partial charge in [-0.15, -0.1) is 0 Å². The first kappa shape index (κ1) is 15.9. The molecule has 5 nitrogen and oxygen atoms in total. The summed E-state index contributed by atoms with van der Waals surface area (Å²) in [5.74, 6) is 0.475. The Kier molecular flexibility index (Phi) is 5.38. The van der Waals surface area contributed by atoms with Gasteiger partial charge < -0.3 is 4.74 Å². The number of carbonyl (C=O) groups excluding carboxylic acids is 1. The van der Waals surface area contributed by atoms with Crippen molar-refractivity contribution in [2.75, 3.05) is 7.11 Å². The van der Waals surface area contributed by atoms with E-state index < -0.39 is 5.97 Å². The molecule has 0 unspecified atom stereocenters. The molecule has 2 aromatic rings. The summed E-state index contributed by atoms with van der Waals surface area (Å²) < 4.78 is 5.24. The lowest BCUT2D eigenvalue weighted by Crippen LogP contribution is -2.75. The average Bonchev–Trinajstić information content (AvgIpc) is 2.54. The third-order valence-corrected chi connectivity index (χ3v) is 3.18. The molecule has 0 saturated carbocycles. The number of hydrogen-bond acceptors (Lipinski definition) is 3. The molecule has 0 aromatic heterocycles. The van der Waals surface area contributed by atoms with Gasteiger partial charge in [-0.05, 0) is 30.3 Å². The summed E-state index contributed by atoms with van der Waals surface area (Å²) in [4.78, 5) is 16.8. The van der Waals surface area contributed by atoms with Gasteiger partial charge in [-0.3, -0.25) is 10.6 Å². The highest BCUT2D eigenvalue weighted by Gasteiger charge is 2.11. The normalized spacial score (nSPS) is 11.1. The Morgan fingerprint density at radius 3 is 2.55 bits per heavy atom. The maximum Gasteiger partial charge on any atom is 0.387 e. The van der Waals surface area contributed by atoms with Crippen LogP contribution in [0.4, 0.5) is 0 Å². The Bertz CT molecular complexity index is 684. The molecule has 0 heterocycles. The van der Waals surface area contributed by atoms with Crippen LogP contribution in [0.2, 0.25) is 5.02 Å². The first-order valence-corrected chi connectivity index (χ1v) is 6.94. The van der Waals surface area contributed by atoms with Gasteiger partial charge in [-0.25, -0.2) is 4.79 Å². The molecule has 0 spiro atoms. The first-order valence-electron chi connectivity index (χ1n) is 6.56. The largest absolute Gasteiger partial charge is 0.496 e. The van der Waals surface area contributed by atoms with Gasteiger partial charge in [-0.2, -0.15) is 0 Å². The van der Waals surface area contributed by atoms with E-state index in [0.29, 0.717) is 22.8 Å². The Balaban J connectivity index is 2.00. The second kappa shape index (κ2) is 7.47. The Morgan fingerprint density at radius 2 is 1.86 bits per heavy atom. The highest BCUT2D eigenvalue weighted by Crippen LogP contribution is 2.17. The molecule has 3 N–H and O–H groups in total. The molecule has 2 rings (SSSR count). The molecule has 0 fully saturated rings. The summed E-state index contributed by atoms with van der Waals surface area (Å²) in [5, 5.41) is 3.00. The molecular weight excluding hydrogens is 304 g/mol. The average molecular weight is 320 g/mol. The number of carbonyl (C=O) groups is 1. The monoisotopic (exact) mass is 319 g/mol. The summed E-state index contributed by atoms with van der Waals surface area (Å²) >= 11 is 5.76. The van der Waals surface area contributed by atoms with Crippen molar-refractivity contribution in [3.8, 4) is 5.75 Å². The van der Waals surface area contributed by atoms with Crippen LogP contribution in [0.5, 0.6) is 5.75 Å². The van der Waals surface area contributed by atoms with Crippen LogP contribution in [0.3, 0.4) is 0 Å². The zero-order valence-corrected chi connectivity index (χ0v) is 12.8. The minimum atomic E-state index is -0.542. The molecule has 0 aliphatic carbocycles. The van der Waals surface area contributed by atoms with Crippen LogP contribution in [0.25, 0.3) is 0 Å². The highest BCUT2D eigenvalue weighted by atomic mass is 35.5. The third kappa shape index (κ3) is 4.23. The lowest BCUT2D eigenvalue weighted by molar-refractivity contribution is -0.722. The van der Waals surface area contributed by atoms with Gasteiger partial charge in [0.15, 0.2) is 0 Å². The summed E-state index contributed by atoms with van der Waals surface area (Å²) in [6.45, 7) is 0. The van der Waals surface area contributed by atoms with Gasteiger partial charge >= 0.3 is 5.97 Å². The van der Waals surface area contributed by atoms with Crippen molar-refractivity contribution in [3.05, 3.63) is 64.7 Å². The van der Waals surface area contributed by atoms with E-state index in [9.17, 15) is 4.79 Å². The smallest absolute Gasteiger partial charge is 0.387 e. The second-order valence-corrected chi connectivity index (χ2v) is 4.95. The van der Waals surface area contributed by atoms with Crippen molar-refractivity contribution >= 4 is 23.4 Å². The minimum Gasteiger partial charge on any atom is -0.496 e. The molecule has 114 valence electrons. The minimum absolute atomic E-state index is 0.298. The van der Waals surface area contributed by atoms with Crippen molar-refractivity contribution in [3.63, 3.8) is 0 Å². The number of ether oxygens (including phenoxy) is 1. The maximum absolute atomic E-state index is 11.8. The molecule has 0 saturated heterocycles. The van der Waals surface area contributed by atoms with Crippen LogP contribution in [-0.4, -0.2) is 18.9 Å². The van der Waals surface area contributed by atoms with E-state index in [0.717, 1.165) is 11.3 Å². The van der Waals surface area contributed by atoms with Gasteiger partial charge in [0.2, 0.25) is 0 Å². The van der Waals surface area contributed by atoms with Crippen LogP contribution in [-0.2, 0) is 11.3 Å². The molecule has 0 amide bonds. The van der Waals surface area contributed by atoms with E-state index in [1.807, 2.05) is 24.3 Å². The second-order valence-electron chi connectivity index (χ2n) is 4.51. The van der Waals surface area contributed by atoms with Crippen LogP contribution < -0.4 is 15.6 Å². The number of para-hydroxylation sites is 1. The third-order valence-electron chi connectivity index (χ3n) is 2.93. The zero-order chi connectivity index (χ0) is 15.9. The first-order chi connectivity index (χ1) is 10.6. The summed E-state index contributed by atoms with van der Waals surface area (Å²) in [5.41, 5.74) is 7.09. The Hall–Kier alpha value is -2.53. The van der Waals surface area contributed by atoms with Crippen molar-refractivity contribution in [1.82, 2.24) is 0 Å². The summed E-state index contributed by atoms with van der Waals surface area (Å²) in [6.07, 6.45) is 0.373. The van der Waals surface area contributed by atoms with Crippen molar-refractivity contribution in [1.29, 1.82) is 0 Å². The number of hydrogen-bond donors (Lipinski definition) is 2. The molecule has 22 heavy (non-hydrogen) atoms. The van der Waals surface area contributed by atoms with Crippen LogP contribution in [0.15, 0.2) is 48.5 Å². The Labute approximate surface area is 133 Å². The number of nitrogens with one attached hydrogen (secondary N) is 1. The van der Waals surface area contributed by atoms with Gasteiger partial charge in [0.25, 0.3) is 5.84 Å². The van der Waals surface area contributed by atoms with Gasteiger partial charge in [0, 0.05) is 10.6 Å². The van der Waals surface area contributed by atoms with E-state index in [-0.39, 0.29) is 0 Å². The molecule has 0 atom stereocenters. The highest BCUT2D eigenvalue weighted by molar-refractivity contribution is 6.30. The van der Waals surface area contributed by atoms with Crippen LogP contribution in [0.1, 0.15) is 15.9 Å². The van der Waals surface area contributed by atoms with E-state index in [4.69, 9.17) is 26.9 Å². The molecule has 0 bridgehead atoms. The van der Waals surface area contributed by atoms with Crippen LogP contribution >= 0.6 is 11.6 Å². The van der Waals surface area contributed by atoms with E-state index >= 15 is 0 Å². The van der Waals surface area contributed by atoms with Crippen molar-refractivity contribution < 1.29 is 19.5 Å². The van der Waals surface area contributed by atoms with Crippen molar-refractivity contribution in [2.45, 2.75) is 6.42 Å². The van der Waals surface area contributed by atoms with Gasteiger partial charge in [-0.1, -0.05) is 35.0 Å². The fraction of sp³-hybridized carbons (Fsp3) is 0.125. The maximum atomic E-state index is 11.8. The number of halogens is 1. The molecule has 0 radical (unpaired) electrons. The molecular formula is C16H16ClN2O3+. The predicted octanol–water partition coefficient (Wildman–Crippen LogP) is 1.10. The number of benzene rings is 2. The molecule has 0 aliphatic rings. The van der Waals surface area contributed by atoms with Crippen molar-refractivity contribution in [2.24, 2.45) is 5.73 Å².